The predicted octanol–water partition coefficient (Wildman–Crippen LogP) is 11.5. The molecule has 1 aliphatic heterocycles. The van der Waals surface area contributed by atoms with Crippen molar-refractivity contribution in [3.05, 3.63) is 194 Å². The van der Waals surface area contributed by atoms with Gasteiger partial charge in [-0.05, 0) is 158 Å². The van der Waals surface area contributed by atoms with E-state index in [2.05, 4.69) is 99.6 Å². The molecule has 8 aromatic rings. The molecule has 0 aliphatic carbocycles. The van der Waals surface area contributed by atoms with Crippen molar-refractivity contribution in [1.29, 1.82) is 0 Å². The first-order valence-electron chi connectivity index (χ1n) is 22.8. The summed E-state index contributed by atoms with van der Waals surface area (Å²) < 4.78 is 60.1. The number of rotatable bonds is 17. The maximum absolute atomic E-state index is 12.7. The van der Waals surface area contributed by atoms with E-state index in [1.165, 1.54) is 6.08 Å². The van der Waals surface area contributed by atoms with Gasteiger partial charge in [0.05, 0.1) is 45.1 Å². The molecule has 0 spiro atoms. The Balaban J connectivity index is 0.00000676. The molecule has 1 unspecified atom stereocenters. The summed E-state index contributed by atoms with van der Waals surface area (Å²) in [6, 6.07) is 61.3. The van der Waals surface area contributed by atoms with Crippen LogP contribution in [-0.4, -0.2) is 53.2 Å². The minimum absolute atomic E-state index is 0. The van der Waals surface area contributed by atoms with E-state index in [-0.39, 0.29) is 42.5 Å². The molecular weight excluding hydrogens is 938 g/mol. The second-order valence-electron chi connectivity index (χ2n) is 16.5. The van der Waals surface area contributed by atoms with E-state index in [0.29, 0.717) is 0 Å². The number of benzene rings is 8. The number of methoxy groups -OCH3 is 4. The summed E-state index contributed by atoms with van der Waals surface area (Å²) in [6.07, 6.45) is 3.21. The molecule has 0 aromatic heterocycles. The first-order chi connectivity index (χ1) is 34.1. The number of nitrogens with zero attached hydrogens (tertiary/aromatic N) is 3. The van der Waals surface area contributed by atoms with Crippen molar-refractivity contribution >= 4 is 67.4 Å². The molecular formula is C58H52N3NaO7S2. The fraction of sp³-hybridized carbons (Fsp3) is 0.138. The van der Waals surface area contributed by atoms with Crippen LogP contribution in [0.2, 0.25) is 0 Å². The summed E-state index contributed by atoms with van der Waals surface area (Å²) in [6.45, 7) is 1.99. The van der Waals surface area contributed by atoms with E-state index >= 15 is 0 Å². The normalized spacial score (nSPS) is 12.3. The van der Waals surface area contributed by atoms with E-state index in [1.54, 1.807) is 53.2 Å². The van der Waals surface area contributed by atoms with E-state index in [0.717, 1.165) is 101 Å². The number of para-hydroxylation sites is 2. The first kappa shape index (κ1) is 50.7. The van der Waals surface area contributed by atoms with Crippen molar-refractivity contribution in [3.8, 4) is 45.3 Å². The molecule has 0 radical (unpaired) electrons. The van der Waals surface area contributed by atoms with Crippen LogP contribution in [-0.2, 0) is 10.1 Å². The van der Waals surface area contributed by atoms with Gasteiger partial charge in [0.2, 0.25) is 0 Å². The van der Waals surface area contributed by atoms with E-state index in [4.69, 9.17) is 18.9 Å². The molecule has 1 atom stereocenters. The Labute approximate surface area is 443 Å². The smallest absolute Gasteiger partial charge is 0.747 e. The van der Waals surface area contributed by atoms with Crippen molar-refractivity contribution < 1.29 is 61.5 Å². The molecule has 13 heteroatoms. The predicted molar refractivity (Wildman–Crippen MR) is 283 cm³/mol. The fourth-order valence-corrected chi connectivity index (χ4v) is 10.8. The summed E-state index contributed by atoms with van der Waals surface area (Å²) in [5.41, 5.74) is 11.4. The number of allylic oxidation sites excluding steroid dienone is 1. The van der Waals surface area contributed by atoms with Crippen molar-refractivity contribution in [2.75, 3.05) is 49.7 Å². The molecule has 9 rings (SSSR count). The average molecular weight is 990 g/mol. The minimum Gasteiger partial charge on any atom is -0.747 e. The van der Waals surface area contributed by atoms with Crippen LogP contribution in [0.1, 0.15) is 13.3 Å². The van der Waals surface area contributed by atoms with Gasteiger partial charge in [-0.1, -0.05) is 72.4 Å². The van der Waals surface area contributed by atoms with Crippen LogP contribution < -0.4 is 63.2 Å². The summed E-state index contributed by atoms with van der Waals surface area (Å²) >= 11 is 1.68. The van der Waals surface area contributed by atoms with Gasteiger partial charge in [-0.25, -0.2) is 8.42 Å². The largest absolute Gasteiger partial charge is 1.00 e. The van der Waals surface area contributed by atoms with E-state index < -0.39 is 15.4 Å². The Hall–Kier alpha value is -6.64. The molecule has 8 aromatic carbocycles. The number of fused-ring (bicyclic) bond motifs is 2. The SMILES string of the molecule is C/C=C/C(CCN1c2c(cccc2-c2ccc(N(c3ccc(OC)cc3)c3ccc(OC)cc3)cc2)Sc2cccc(-c3ccc(N(c4ccc(OC)cc4)c4ccc(OC)cc4)cc3)c21)S(=O)(=O)[O-].[Na+]. The maximum Gasteiger partial charge on any atom is 1.00 e. The molecule has 0 bridgehead atoms. The van der Waals surface area contributed by atoms with Gasteiger partial charge in [-0.2, -0.15) is 0 Å². The molecule has 71 heavy (non-hydrogen) atoms. The van der Waals surface area contributed by atoms with Gasteiger partial charge in [0.25, 0.3) is 0 Å². The summed E-state index contributed by atoms with van der Waals surface area (Å²) in [4.78, 5) is 8.61. The van der Waals surface area contributed by atoms with Crippen LogP contribution in [0.15, 0.2) is 204 Å². The molecule has 0 saturated heterocycles. The van der Waals surface area contributed by atoms with Crippen LogP contribution >= 0.6 is 11.8 Å². The van der Waals surface area contributed by atoms with Gasteiger partial charge in [-0.15, -0.1) is 0 Å². The Bertz CT molecular complexity index is 2920. The van der Waals surface area contributed by atoms with Crippen LogP contribution in [0.4, 0.5) is 45.5 Å². The molecule has 1 heterocycles. The monoisotopic (exact) mass is 989 g/mol. The van der Waals surface area contributed by atoms with Crippen molar-refractivity contribution in [2.24, 2.45) is 0 Å². The number of hydrogen-bond acceptors (Lipinski definition) is 11. The zero-order chi connectivity index (χ0) is 48.8. The second-order valence-corrected chi connectivity index (χ2v) is 19.1. The minimum atomic E-state index is -4.65. The Morgan fingerprint density at radius 2 is 0.817 bits per heavy atom. The maximum atomic E-state index is 12.7. The van der Waals surface area contributed by atoms with Crippen LogP contribution in [0.25, 0.3) is 22.3 Å². The van der Waals surface area contributed by atoms with Crippen LogP contribution in [0, 0.1) is 0 Å². The molecule has 10 nitrogen and oxygen atoms in total. The van der Waals surface area contributed by atoms with Crippen molar-refractivity contribution in [3.63, 3.8) is 0 Å². The zero-order valence-corrected chi connectivity index (χ0v) is 44.1. The molecule has 0 fully saturated rings. The third-order valence-corrected chi connectivity index (χ3v) is 14.6. The standard InChI is InChI=1S/C58H53N3O7S2.Na/c1-6-9-52(70(62,63)64)38-39-59-57-53(40-14-18-42(19-15-40)60(44-22-30-48(65-2)31-23-44)45-24-32-49(66-3)33-25-45)10-7-12-55(57)69-56-13-8-11-54(58(56)59)41-16-20-43(21-17-41)61(46-26-34-50(67-4)35-27-46)47-28-36-51(68-5)37-29-47;/h6-37,52H,38-39H2,1-5H3,(H,62,63,64);/q;+1/p-1/b9-6+;. The zero-order valence-electron chi connectivity index (χ0n) is 40.5. The van der Waals surface area contributed by atoms with Crippen LogP contribution in [0.3, 0.4) is 0 Å². The Morgan fingerprint density at radius 1 is 0.507 bits per heavy atom. The quantitative estimate of drug-likeness (QED) is 0.0495. The third kappa shape index (κ3) is 11.0. The molecule has 354 valence electrons. The van der Waals surface area contributed by atoms with E-state index in [1.807, 2.05) is 97.1 Å². The topological polar surface area (TPSA) is 104 Å². The van der Waals surface area contributed by atoms with Gasteiger partial charge in [0.1, 0.15) is 33.1 Å². The molecule has 0 amide bonds. The van der Waals surface area contributed by atoms with Crippen molar-refractivity contribution in [2.45, 2.75) is 28.4 Å². The Kier molecular flexibility index (Phi) is 16.2. The van der Waals surface area contributed by atoms with E-state index in [9.17, 15) is 13.0 Å². The molecule has 0 saturated carbocycles. The van der Waals surface area contributed by atoms with Crippen molar-refractivity contribution in [1.82, 2.24) is 0 Å². The summed E-state index contributed by atoms with van der Waals surface area (Å²) in [5, 5.41) is -1.21. The average Bonchev–Trinajstić information content (AvgIpc) is 3.40. The van der Waals surface area contributed by atoms with Gasteiger partial charge in [-0.3, -0.25) is 0 Å². The van der Waals surface area contributed by atoms with Crippen LogP contribution in [0.5, 0.6) is 23.0 Å². The molecule has 0 N–H and O–H groups in total. The fourth-order valence-electron chi connectivity index (χ4n) is 8.89. The first-order valence-corrected chi connectivity index (χ1v) is 25.1. The summed E-state index contributed by atoms with van der Waals surface area (Å²) in [7, 11) is 1.98. The van der Waals surface area contributed by atoms with Gasteiger partial charge < -0.3 is 38.2 Å². The van der Waals surface area contributed by atoms with Gasteiger partial charge >= 0.3 is 29.6 Å². The summed E-state index contributed by atoms with van der Waals surface area (Å²) in [5.74, 6) is 3.05. The number of anilines is 8. The number of hydrogen-bond donors (Lipinski definition) is 0. The third-order valence-electron chi connectivity index (χ3n) is 12.4. The number of ether oxygens (including phenoxy) is 4. The Morgan fingerprint density at radius 3 is 1.10 bits per heavy atom. The second kappa shape index (κ2) is 22.6. The molecule has 1 aliphatic rings. The van der Waals surface area contributed by atoms with Gasteiger partial charge in [0.15, 0.2) is 0 Å². The van der Waals surface area contributed by atoms with Gasteiger partial charge in [0, 0.05) is 61.6 Å².